The number of nitrogens with one attached hydrogen (secondary N) is 1. The molecule has 0 radical (unpaired) electrons. The van der Waals surface area contributed by atoms with Crippen LogP contribution in [-0.2, 0) is 18.8 Å². The van der Waals surface area contributed by atoms with Crippen LogP contribution in [0.5, 0.6) is 0 Å². The van der Waals surface area contributed by atoms with Gasteiger partial charge < -0.3 is 16.0 Å². The summed E-state index contributed by atoms with van der Waals surface area (Å²) in [6.07, 6.45) is -7.12. The lowest BCUT2D eigenvalue weighted by molar-refractivity contribution is -0.143. The molecule has 27 heavy (non-hydrogen) atoms. The van der Waals surface area contributed by atoms with Crippen molar-refractivity contribution in [3.8, 4) is 0 Å². The van der Waals surface area contributed by atoms with E-state index in [1.165, 1.54) is 0 Å². The van der Waals surface area contributed by atoms with Gasteiger partial charge in [0, 0.05) is 19.1 Å². The number of benzene rings is 1. The zero-order valence-corrected chi connectivity index (χ0v) is 15.3. The third-order valence-electron chi connectivity index (χ3n) is 4.47. The molecule has 1 aliphatic heterocycles. The van der Waals surface area contributed by atoms with Crippen molar-refractivity contribution >= 4 is 17.3 Å². The minimum absolute atomic E-state index is 0.0208. The van der Waals surface area contributed by atoms with E-state index in [9.17, 15) is 26.3 Å². The van der Waals surface area contributed by atoms with Crippen molar-refractivity contribution in [2.24, 2.45) is 5.73 Å². The average molecular weight is 413 g/mol. The van der Waals surface area contributed by atoms with E-state index in [1.807, 2.05) is 4.90 Å². The zero-order chi connectivity index (χ0) is 20.2. The summed E-state index contributed by atoms with van der Waals surface area (Å²) in [5, 5.41) is 3.49. The molecule has 3 N–H and O–H groups in total. The molecule has 152 valence electrons. The Kier molecular flexibility index (Phi) is 6.96. The maximum Gasteiger partial charge on any atom is 0.416 e. The summed E-state index contributed by atoms with van der Waals surface area (Å²) < 4.78 is 77.7. The Balaban J connectivity index is 2.14. The summed E-state index contributed by atoms with van der Waals surface area (Å²) in [7, 11) is 0. The van der Waals surface area contributed by atoms with Crippen molar-refractivity contribution in [2.45, 2.75) is 44.1 Å². The number of halogens is 6. The molecule has 1 atom stereocenters. The molecule has 0 saturated carbocycles. The van der Waals surface area contributed by atoms with Crippen LogP contribution in [0.4, 0.5) is 26.3 Å². The van der Waals surface area contributed by atoms with E-state index in [0.717, 1.165) is 31.4 Å². The van der Waals surface area contributed by atoms with Gasteiger partial charge in [-0.05, 0) is 61.8 Å². The second-order valence-electron chi connectivity index (χ2n) is 6.48. The molecular formula is C17H21F6N3S. The Morgan fingerprint density at radius 2 is 1.63 bits per heavy atom. The van der Waals surface area contributed by atoms with Gasteiger partial charge in [0.25, 0.3) is 0 Å². The normalized spacial score (nSPS) is 18.1. The summed E-state index contributed by atoms with van der Waals surface area (Å²) in [4.78, 5) is 1.83. The number of rotatable bonds is 7. The molecule has 2 rings (SSSR count). The highest BCUT2D eigenvalue weighted by Crippen LogP contribution is 2.36. The van der Waals surface area contributed by atoms with Gasteiger partial charge in [-0.15, -0.1) is 0 Å². The van der Waals surface area contributed by atoms with E-state index < -0.39 is 23.5 Å². The average Bonchev–Trinajstić information content (AvgIpc) is 2.91. The van der Waals surface area contributed by atoms with Crippen molar-refractivity contribution in [3.63, 3.8) is 0 Å². The van der Waals surface area contributed by atoms with Crippen LogP contribution in [0.3, 0.4) is 0 Å². The minimum Gasteiger partial charge on any atom is -0.360 e. The number of alkyl halides is 6. The summed E-state index contributed by atoms with van der Waals surface area (Å²) in [5.74, 6) is 0. The van der Waals surface area contributed by atoms with E-state index in [4.69, 9.17) is 18.0 Å². The summed E-state index contributed by atoms with van der Waals surface area (Å²) in [6, 6.07) is 1.74. The van der Waals surface area contributed by atoms with Gasteiger partial charge in [-0.3, -0.25) is 0 Å². The molecule has 1 heterocycles. The van der Waals surface area contributed by atoms with Gasteiger partial charge in [-0.1, -0.05) is 6.42 Å². The lowest BCUT2D eigenvalue weighted by atomic mass is 10.0. The predicted octanol–water partition coefficient (Wildman–Crippen LogP) is 3.95. The highest BCUT2D eigenvalue weighted by atomic mass is 32.1. The second kappa shape index (κ2) is 8.64. The van der Waals surface area contributed by atoms with E-state index in [2.05, 4.69) is 5.32 Å². The maximum atomic E-state index is 13.0. The van der Waals surface area contributed by atoms with Crippen LogP contribution >= 0.6 is 12.2 Å². The molecule has 1 aromatic carbocycles. The highest BCUT2D eigenvalue weighted by Gasteiger charge is 2.37. The number of nitrogens with two attached hydrogens (primary N) is 1. The standard InChI is InChI=1S/C17H21F6N3S/c18-16(19,20)12-7-11(8-13(9-12)17(21,22)23)4-6-26-14(3-1-2-5-24)10-25-15(26)27/h7-9,14H,1-6,10,24H2,(H,25,27)/t14-/m0/s1. The van der Waals surface area contributed by atoms with Crippen LogP contribution in [-0.4, -0.2) is 35.7 Å². The molecule has 1 saturated heterocycles. The van der Waals surface area contributed by atoms with Crippen molar-refractivity contribution < 1.29 is 26.3 Å². The number of hydrogen-bond donors (Lipinski definition) is 2. The van der Waals surface area contributed by atoms with Gasteiger partial charge in [0.05, 0.1) is 11.1 Å². The van der Waals surface area contributed by atoms with Crippen molar-refractivity contribution in [1.82, 2.24) is 10.2 Å². The molecule has 0 bridgehead atoms. The number of unbranched alkanes of at least 4 members (excludes halogenated alkanes) is 1. The fraction of sp³-hybridized carbons (Fsp3) is 0.588. The first-order valence-corrected chi connectivity index (χ1v) is 8.96. The third-order valence-corrected chi connectivity index (χ3v) is 4.85. The van der Waals surface area contributed by atoms with Crippen LogP contribution in [0.25, 0.3) is 0 Å². The Hall–Kier alpha value is -1.55. The molecule has 0 aliphatic carbocycles. The maximum absolute atomic E-state index is 13.0. The minimum atomic E-state index is -4.84. The molecule has 3 nitrogen and oxygen atoms in total. The monoisotopic (exact) mass is 413 g/mol. The first kappa shape index (κ1) is 21.7. The Morgan fingerprint density at radius 3 is 2.15 bits per heavy atom. The van der Waals surface area contributed by atoms with Gasteiger partial charge >= 0.3 is 12.4 Å². The summed E-state index contributed by atoms with van der Waals surface area (Å²) in [6.45, 7) is 1.42. The number of hydrogen-bond acceptors (Lipinski definition) is 2. The third kappa shape index (κ3) is 5.97. The van der Waals surface area contributed by atoms with E-state index in [0.29, 0.717) is 18.2 Å². The Morgan fingerprint density at radius 1 is 1.04 bits per heavy atom. The fourth-order valence-electron chi connectivity index (χ4n) is 3.06. The van der Waals surface area contributed by atoms with E-state index in [-0.39, 0.29) is 30.6 Å². The molecule has 1 fully saturated rings. The summed E-state index contributed by atoms with van der Waals surface area (Å²) >= 11 is 5.21. The van der Waals surface area contributed by atoms with Gasteiger partial charge in [-0.25, -0.2) is 0 Å². The van der Waals surface area contributed by atoms with Crippen molar-refractivity contribution in [3.05, 3.63) is 34.9 Å². The van der Waals surface area contributed by atoms with Crippen molar-refractivity contribution in [1.29, 1.82) is 0 Å². The highest BCUT2D eigenvalue weighted by molar-refractivity contribution is 7.80. The van der Waals surface area contributed by atoms with E-state index >= 15 is 0 Å². The Labute approximate surface area is 158 Å². The summed E-state index contributed by atoms with van der Waals surface area (Å²) in [5.41, 5.74) is 2.85. The topological polar surface area (TPSA) is 41.3 Å². The van der Waals surface area contributed by atoms with E-state index in [1.54, 1.807) is 0 Å². The molecule has 1 aliphatic rings. The van der Waals surface area contributed by atoms with Crippen molar-refractivity contribution in [2.75, 3.05) is 19.6 Å². The first-order chi connectivity index (χ1) is 12.5. The predicted molar refractivity (Wildman–Crippen MR) is 94.2 cm³/mol. The quantitative estimate of drug-likeness (QED) is 0.404. The number of thiocarbonyl (C=S) groups is 1. The first-order valence-electron chi connectivity index (χ1n) is 8.55. The number of nitrogens with zero attached hydrogens (tertiary/aromatic N) is 1. The SMILES string of the molecule is NCCCC[C@H]1CNC(=S)N1CCc1cc(C(F)(F)F)cc(C(F)(F)F)c1. The van der Waals surface area contributed by atoms with Gasteiger partial charge in [-0.2, -0.15) is 26.3 Å². The molecule has 0 unspecified atom stereocenters. The molecule has 0 amide bonds. The fourth-order valence-corrected chi connectivity index (χ4v) is 3.39. The zero-order valence-electron chi connectivity index (χ0n) is 14.5. The molecular weight excluding hydrogens is 392 g/mol. The van der Waals surface area contributed by atoms with Gasteiger partial charge in [0.2, 0.25) is 0 Å². The van der Waals surface area contributed by atoms with Crippen LogP contribution in [0.1, 0.15) is 36.0 Å². The van der Waals surface area contributed by atoms with Gasteiger partial charge in [0.15, 0.2) is 5.11 Å². The molecule has 0 aromatic heterocycles. The van der Waals surface area contributed by atoms with Crippen LogP contribution in [0, 0.1) is 0 Å². The molecule has 0 spiro atoms. The lowest BCUT2D eigenvalue weighted by Gasteiger charge is -2.25. The lowest BCUT2D eigenvalue weighted by Crippen LogP contribution is -2.35. The molecule has 1 aromatic rings. The van der Waals surface area contributed by atoms with Crippen LogP contribution < -0.4 is 11.1 Å². The smallest absolute Gasteiger partial charge is 0.360 e. The second-order valence-corrected chi connectivity index (χ2v) is 6.87. The molecule has 10 heteroatoms. The van der Waals surface area contributed by atoms with Gasteiger partial charge in [0.1, 0.15) is 0 Å². The van der Waals surface area contributed by atoms with Crippen LogP contribution in [0.15, 0.2) is 18.2 Å². The van der Waals surface area contributed by atoms with Crippen LogP contribution in [0.2, 0.25) is 0 Å². The largest absolute Gasteiger partial charge is 0.416 e. The Bertz CT molecular complexity index is 627.